The maximum atomic E-state index is 12.9. The molecule has 3 aromatic rings. The van der Waals surface area contributed by atoms with E-state index >= 15 is 0 Å². The lowest BCUT2D eigenvalue weighted by Crippen LogP contribution is -2.39. The molecule has 170 valence electrons. The van der Waals surface area contributed by atoms with Gasteiger partial charge in [0, 0.05) is 24.9 Å². The number of benzene rings is 2. The van der Waals surface area contributed by atoms with Crippen LogP contribution < -0.4 is 5.32 Å². The third-order valence-electron chi connectivity index (χ3n) is 5.38. The van der Waals surface area contributed by atoms with Crippen molar-refractivity contribution in [3.63, 3.8) is 0 Å². The molecule has 0 aliphatic carbocycles. The second-order valence-corrected chi connectivity index (χ2v) is 13.0. The number of carbonyl (C=O) groups is 1. The molecule has 4 rings (SSSR count). The third-order valence-corrected chi connectivity index (χ3v) is 9.31. The topological polar surface area (TPSA) is 114 Å². The average molecular weight is 494 g/mol. The first-order valence-electron chi connectivity index (χ1n) is 10.1. The van der Waals surface area contributed by atoms with Crippen molar-refractivity contribution in [2.24, 2.45) is 5.92 Å². The Morgan fingerprint density at radius 1 is 1.09 bits per heavy atom. The highest BCUT2D eigenvalue weighted by Gasteiger charge is 2.28. The van der Waals surface area contributed by atoms with Crippen molar-refractivity contribution in [3.05, 3.63) is 48.0 Å². The zero-order chi connectivity index (χ0) is 23.1. The quantitative estimate of drug-likeness (QED) is 0.583. The summed E-state index contributed by atoms with van der Waals surface area (Å²) in [5, 5.41) is 3.02. The summed E-state index contributed by atoms with van der Waals surface area (Å²) >= 11 is 1.17. The van der Waals surface area contributed by atoms with Gasteiger partial charge in [0.05, 0.1) is 20.0 Å². The van der Waals surface area contributed by atoms with E-state index in [1.54, 1.807) is 6.07 Å². The van der Waals surface area contributed by atoms with E-state index in [0.29, 0.717) is 39.9 Å². The van der Waals surface area contributed by atoms with Gasteiger partial charge in [-0.15, -0.1) is 0 Å². The fourth-order valence-corrected chi connectivity index (χ4v) is 6.87. The van der Waals surface area contributed by atoms with Crippen molar-refractivity contribution in [1.29, 1.82) is 0 Å². The van der Waals surface area contributed by atoms with Gasteiger partial charge in [0.15, 0.2) is 15.0 Å². The first-order chi connectivity index (χ1) is 15.0. The highest BCUT2D eigenvalue weighted by molar-refractivity contribution is 7.90. The normalized spacial score (nSPS) is 18.0. The highest BCUT2D eigenvalue weighted by atomic mass is 32.2. The highest BCUT2D eigenvalue weighted by Crippen LogP contribution is 2.29. The van der Waals surface area contributed by atoms with E-state index in [4.69, 9.17) is 0 Å². The van der Waals surface area contributed by atoms with Crippen LogP contribution in [0, 0.1) is 5.92 Å². The summed E-state index contributed by atoms with van der Waals surface area (Å²) in [7, 11) is -6.93. The smallest absolute Gasteiger partial charge is 0.257 e. The number of rotatable bonds is 5. The maximum absolute atomic E-state index is 12.9. The van der Waals surface area contributed by atoms with Crippen molar-refractivity contribution < 1.29 is 21.6 Å². The number of amides is 1. The van der Waals surface area contributed by atoms with Gasteiger partial charge in [0.1, 0.15) is 0 Å². The molecule has 8 nitrogen and oxygen atoms in total. The number of fused-ring (bicyclic) bond motifs is 1. The fraction of sp³-hybridized carbons (Fsp3) is 0.333. The number of nitrogens with zero attached hydrogens (tertiary/aromatic N) is 2. The Bertz CT molecular complexity index is 1380. The van der Waals surface area contributed by atoms with Crippen LogP contribution in [0.3, 0.4) is 0 Å². The van der Waals surface area contributed by atoms with Crippen molar-refractivity contribution >= 4 is 52.5 Å². The number of hydrogen-bond donors (Lipinski definition) is 1. The van der Waals surface area contributed by atoms with Crippen molar-refractivity contribution in [2.75, 3.05) is 24.7 Å². The fourth-order valence-electron chi connectivity index (χ4n) is 3.65. The minimum absolute atomic E-state index is 0.163. The van der Waals surface area contributed by atoms with Gasteiger partial charge in [0.25, 0.3) is 5.91 Å². The second-order valence-electron chi connectivity index (χ2n) is 8.01. The Kier molecular flexibility index (Phi) is 6.10. The number of sulfonamides is 1. The molecule has 2 aromatic carbocycles. The summed E-state index contributed by atoms with van der Waals surface area (Å²) in [6.45, 7) is 3.05. The van der Waals surface area contributed by atoms with E-state index < -0.39 is 25.8 Å². The molecule has 32 heavy (non-hydrogen) atoms. The van der Waals surface area contributed by atoms with E-state index in [2.05, 4.69) is 10.3 Å². The van der Waals surface area contributed by atoms with Crippen LogP contribution in [0.4, 0.5) is 5.13 Å². The van der Waals surface area contributed by atoms with Gasteiger partial charge in [0.2, 0.25) is 10.0 Å². The van der Waals surface area contributed by atoms with E-state index in [0.717, 1.165) is 19.1 Å². The number of sulfone groups is 1. The Morgan fingerprint density at radius 2 is 1.78 bits per heavy atom. The molecule has 1 amide bonds. The predicted octanol–water partition coefficient (Wildman–Crippen LogP) is 3.37. The summed E-state index contributed by atoms with van der Waals surface area (Å²) in [4.78, 5) is 17.3. The number of aromatic nitrogens is 1. The summed E-state index contributed by atoms with van der Waals surface area (Å²) in [6, 6.07) is 10.4. The lowest BCUT2D eigenvalue weighted by atomic mass is 10.0. The van der Waals surface area contributed by atoms with Crippen molar-refractivity contribution in [3.8, 4) is 0 Å². The van der Waals surface area contributed by atoms with Crippen LogP contribution >= 0.6 is 11.3 Å². The molecule has 0 saturated carbocycles. The zero-order valence-corrected chi connectivity index (χ0v) is 20.1. The molecule has 0 radical (unpaired) electrons. The molecule has 2 heterocycles. The lowest BCUT2D eigenvalue weighted by molar-refractivity contribution is 0.102. The SMILES string of the molecule is CC1CCCN(S(=O)(=O)c2ccc(C(=O)Nc3nc4ccc(S(C)(=O)=O)cc4s3)cc2)C1. The lowest BCUT2D eigenvalue weighted by Gasteiger charge is -2.30. The summed E-state index contributed by atoms with van der Waals surface area (Å²) in [5.41, 5.74) is 0.877. The maximum Gasteiger partial charge on any atom is 0.257 e. The standard InChI is InChI=1S/C21H23N3O5S3/c1-14-4-3-11-24(13-14)32(28,29)16-7-5-15(6-8-16)20(25)23-21-22-18-10-9-17(31(2,26)27)12-19(18)30-21/h5-10,12,14H,3-4,11,13H2,1-2H3,(H,22,23,25). The van der Waals surface area contributed by atoms with Gasteiger partial charge in [-0.25, -0.2) is 21.8 Å². The number of nitrogens with one attached hydrogen (secondary N) is 1. The Labute approximate surface area is 191 Å². The molecule has 0 spiro atoms. The Morgan fingerprint density at radius 3 is 2.44 bits per heavy atom. The van der Waals surface area contributed by atoms with Gasteiger partial charge in [-0.05, 0) is 61.2 Å². The van der Waals surface area contributed by atoms with E-state index in [-0.39, 0.29) is 9.79 Å². The molecule has 1 N–H and O–H groups in total. The minimum atomic E-state index is -3.59. The molecule has 1 saturated heterocycles. The van der Waals surface area contributed by atoms with E-state index in [1.807, 2.05) is 6.92 Å². The van der Waals surface area contributed by atoms with Crippen LogP contribution in [0.15, 0.2) is 52.3 Å². The van der Waals surface area contributed by atoms with Crippen LogP contribution in [0.2, 0.25) is 0 Å². The molecule has 1 aromatic heterocycles. The average Bonchev–Trinajstić information content (AvgIpc) is 3.14. The molecular formula is C21H23N3O5S3. The van der Waals surface area contributed by atoms with Crippen LogP contribution in [0.5, 0.6) is 0 Å². The molecular weight excluding hydrogens is 470 g/mol. The van der Waals surface area contributed by atoms with Crippen LogP contribution in [-0.4, -0.2) is 51.4 Å². The van der Waals surface area contributed by atoms with Crippen LogP contribution in [0.25, 0.3) is 10.2 Å². The molecule has 1 atom stereocenters. The monoisotopic (exact) mass is 493 g/mol. The predicted molar refractivity (Wildman–Crippen MR) is 124 cm³/mol. The first kappa shape index (κ1) is 22.8. The van der Waals surface area contributed by atoms with Gasteiger partial charge < -0.3 is 0 Å². The van der Waals surface area contributed by atoms with Gasteiger partial charge in [-0.1, -0.05) is 18.3 Å². The Balaban J connectivity index is 1.50. The van der Waals surface area contributed by atoms with Gasteiger partial charge in [-0.2, -0.15) is 4.31 Å². The second kappa shape index (κ2) is 8.54. The van der Waals surface area contributed by atoms with Crippen molar-refractivity contribution in [2.45, 2.75) is 29.6 Å². The zero-order valence-electron chi connectivity index (χ0n) is 17.6. The van der Waals surface area contributed by atoms with Crippen molar-refractivity contribution in [1.82, 2.24) is 9.29 Å². The summed E-state index contributed by atoms with van der Waals surface area (Å²) < 4.78 is 51.4. The third kappa shape index (κ3) is 4.70. The molecule has 11 heteroatoms. The number of hydrogen-bond acceptors (Lipinski definition) is 7. The number of thiazole rings is 1. The summed E-state index contributed by atoms with van der Waals surface area (Å²) in [5.74, 6) is -0.103. The van der Waals surface area contributed by atoms with Gasteiger partial charge in [-0.3, -0.25) is 10.1 Å². The Hall–Kier alpha value is -2.34. The molecule has 1 fully saturated rings. The number of carbonyl (C=O) groups excluding carboxylic acids is 1. The minimum Gasteiger partial charge on any atom is -0.298 e. The van der Waals surface area contributed by atoms with Gasteiger partial charge >= 0.3 is 0 Å². The molecule has 1 unspecified atom stereocenters. The number of piperidine rings is 1. The molecule has 0 bridgehead atoms. The molecule has 1 aliphatic rings. The molecule has 1 aliphatic heterocycles. The largest absolute Gasteiger partial charge is 0.298 e. The van der Waals surface area contributed by atoms with E-state index in [1.165, 1.54) is 52.0 Å². The first-order valence-corrected chi connectivity index (χ1v) is 14.2. The number of anilines is 1. The summed E-state index contributed by atoms with van der Waals surface area (Å²) in [6.07, 6.45) is 2.99. The van der Waals surface area contributed by atoms with Crippen LogP contribution in [-0.2, 0) is 19.9 Å². The van der Waals surface area contributed by atoms with Crippen LogP contribution in [0.1, 0.15) is 30.1 Å². The van der Waals surface area contributed by atoms with E-state index in [9.17, 15) is 21.6 Å².